The first-order valence-electron chi connectivity index (χ1n) is 7.33. The maximum Gasteiger partial charge on any atom is 0.223 e. The lowest BCUT2D eigenvalue weighted by atomic mass is 10.2. The third kappa shape index (κ3) is 3.64. The van der Waals surface area contributed by atoms with Crippen LogP contribution >= 0.6 is 0 Å². The Hall–Kier alpha value is -1.37. The quantitative estimate of drug-likeness (QED) is 0.844. The molecule has 1 saturated heterocycles. The molecule has 2 heterocycles. The molecule has 0 amide bonds. The molecule has 0 radical (unpaired) electrons. The molecule has 0 aliphatic carbocycles. The number of pyridine rings is 1. The van der Waals surface area contributed by atoms with Crippen LogP contribution in [0.5, 0.6) is 5.75 Å². The van der Waals surface area contributed by atoms with Crippen LogP contribution in [0.1, 0.15) is 25.2 Å². The summed E-state index contributed by atoms with van der Waals surface area (Å²) >= 11 is 0. The Labute approximate surface area is 124 Å². The Morgan fingerprint density at radius 2 is 1.95 bits per heavy atom. The van der Waals surface area contributed by atoms with Gasteiger partial charge in [0.25, 0.3) is 0 Å². The number of ether oxygens (including phenoxy) is 1. The SMILES string of the molecule is Cc1cc(=O)c(O)c(CN2CC(C)OC(C)C2)n1CCO. The van der Waals surface area contributed by atoms with Crippen molar-refractivity contribution in [2.75, 3.05) is 19.7 Å². The lowest BCUT2D eigenvalue weighted by Crippen LogP contribution is -2.45. The summed E-state index contributed by atoms with van der Waals surface area (Å²) in [7, 11) is 0. The normalized spacial score (nSPS) is 23.4. The molecule has 1 fully saturated rings. The molecule has 2 unspecified atom stereocenters. The van der Waals surface area contributed by atoms with Crippen LogP contribution in [0.25, 0.3) is 0 Å². The number of rotatable bonds is 4. The van der Waals surface area contributed by atoms with Crippen molar-refractivity contribution in [3.63, 3.8) is 0 Å². The van der Waals surface area contributed by atoms with E-state index < -0.39 is 0 Å². The first-order valence-corrected chi connectivity index (χ1v) is 7.33. The van der Waals surface area contributed by atoms with Gasteiger partial charge in [-0.2, -0.15) is 0 Å². The molecule has 2 N–H and O–H groups in total. The minimum atomic E-state index is -0.369. The van der Waals surface area contributed by atoms with E-state index in [0.717, 1.165) is 18.8 Å². The topological polar surface area (TPSA) is 74.9 Å². The first-order chi connectivity index (χ1) is 9.92. The lowest BCUT2D eigenvalue weighted by Gasteiger charge is -2.35. The molecule has 21 heavy (non-hydrogen) atoms. The van der Waals surface area contributed by atoms with E-state index in [1.807, 2.05) is 25.3 Å². The van der Waals surface area contributed by atoms with Crippen LogP contribution in [0.2, 0.25) is 0 Å². The van der Waals surface area contributed by atoms with E-state index in [4.69, 9.17) is 4.74 Å². The fraction of sp³-hybridized carbons (Fsp3) is 0.667. The minimum absolute atomic E-state index is 0.0356. The molecule has 0 aromatic carbocycles. The van der Waals surface area contributed by atoms with E-state index in [9.17, 15) is 15.0 Å². The zero-order chi connectivity index (χ0) is 15.6. The average molecular weight is 296 g/mol. The molecule has 1 aromatic rings. The maximum atomic E-state index is 11.8. The van der Waals surface area contributed by atoms with Gasteiger partial charge in [-0.1, -0.05) is 0 Å². The van der Waals surface area contributed by atoms with Gasteiger partial charge in [0.05, 0.1) is 24.5 Å². The molecule has 1 aliphatic rings. The predicted molar refractivity (Wildman–Crippen MR) is 79.5 cm³/mol. The molecule has 0 saturated carbocycles. The fourth-order valence-electron chi connectivity index (χ4n) is 3.02. The van der Waals surface area contributed by atoms with Gasteiger partial charge in [0, 0.05) is 37.9 Å². The lowest BCUT2D eigenvalue weighted by molar-refractivity contribution is -0.0712. The fourth-order valence-corrected chi connectivity index (χ4v) is 3.02. The molecule has 6 heteroatoms. The van der Waals surface area contributed by atoms with Crippen molar-refractivity contribution >= 4 is 0 Å². The number of aliphatic hydroxyl groups is 1. The summed E-state index contributed by atoms with van der Waals surface area (Å²) in [6.45, 7) is 8.15. The van der Waals surface area contributed by atoms with E-state index in [-0.39, 0.29) is 30.0 Å². The van der Waals surface area contributed by atoms with E-state index in [1.165, 1.54) is 6.07 Å². The first kappa shape index (κ1) is 16.0. The smallest absolute Gasteiger partial charge is 0.223 e. The van der Waals surface area contributed by atoms with Crippen molar-refractivity contribution in [1.82, 2.24) is 9.47 Å². The summed E-state index contributed by atoms with van der Waals surface area (Å²) in [5.41, 5.74) is 0.942. The van der Waals surface area contributed by atoms with E-state index in [1.54, 1.807) is 0 Å². The molecular weight excluding hydrogens is 272 g/mol. The zero-order valence-corrected chi connectivity index (χ0v) is 12.9. The molecule has 0 bridgehead atoms. The number of aromatic hydroxyl groups is 1. The van der Waals surface area contributed by atoms with Crippen LogP contribution in [0.15, 0.2) is 10.9 Å². The van der Waals surface area contributed by atoms with Crippen LogP contribution < -0.4 is 5.43 Å². The number of nitrogens with zero attached hydrogens (tertiary/aromatic N) is 2. The molecule has 1 aliphatic heterocycles. The van der Waals surface area contributed by atoms with Gasteiger partial charge in [-0.3, -0.25) is 9.69 Å². The summed E-state index contributed by atoms with van der Waals surface area (Å²) in [6.07, 6.45) is 0.248. The molecule has 1 aromatic heterocycles. The van der Waals surface area contributed by atoms with Gasteiger partial charge in [0.1, 0.15) is 0 Å². The molecular formula is C15H24N2O4. The third-order valence-corrected chi connectivity index (χ3v) is 3.79. The second-order valence-electron chi connectivity index (χ2n) is 5.77. The van der Waals surface area contributed by atoms with Gasteiger partial charge >= 0.3 is 0 Å². The summed E-state index contributed by atoms with van der Waals surface area (Å²) in [5.74, 6) is -0.221. The zero-order valence-electron chi connectivity index (χ0n) is 12.9. The van der Waals surface area contributed by atoms with Crippen LogP contribution in [0.4, 0.5) is 0 Å². The highest BCUT2D eigenvalue weighted by Gasteiger charge is 2.24. The van der Waals surface area contributed by atoms with E-state index >= 15 is 0 Å². The van der Waals surface area contributed by atoms with Gasteiger partial charge in [-0.05, 0) is 20.8 Å². The monoisotopic (exact) mass is 296 g/mol. The summed E-state index contributed by atoms with van der Waals surface area (Å²) in [4.78, 5) is 14.0. The Morgan fingerprint density at radius 3 is 2.52 bits per heavy atom. The van der Waals surface area contributed by atoms with Crippen LogP contribution in [-0.2, 0) is 17.8 Å². The summed E-state index contributed by atoms with van der Waals surface area (Å²) < 4.78 is 7.50. The van der Waals surface area contributed by atoms with E-state index in [0.29, 0.717) is 18.8 Å². The molecule has 2 rings (SSSR count). The Balaban J connectivity index is 2.31. The van der Waals surface area contributed by atoms with Crippen molar-refractivity contribution in [3.05, 3.63) is 27.7 Å². The summed E-state index contributed by atoms with van der Waals surface area (Å²) in [5, 5.41) is 19.3. The van der Waals surface area contributed by atoms with Crippen LogP contribution in [-0.4, -0.2) is 51.6 Å². The van der Waals surface area contributed by atoms with Crippen molar-refractivity contribution < 1.29 is 14.9 Å². The standard InChI is InChI=1S/C15H24N2O4/c1-10-6-14(19)15(20)13(17(10)4-5-18)9-16-7-11(2)21-12(3)8-16/h6,11-12,18,20H,4-5,7-9H2,1-3H3. The highest BCUT2D eigenvalue weighted by molar-refractivity contribution is 5.29. The minimum Gasteiger partial charge on any atom is -0.503 e. The van der Waals surface area contributed by atoms with Crippen molar-refractivity contribution in [3.8, 4) is 5.75 Å². The Bertz CT molecular complexity index is 545. The van der Waals surface area contributed by atoms with Gasteiger partial charge in [0.15, 0.2) is 5.75 Å². The van der Waals surface area contributed by atoms with Crippen molar-refractivity contribution in [1.29, 1.82) is 0 Å². The van der Waals surface area contributed by atoms with Gasteiger partial charge in [0.2, 0.25) is 5.43 Å². The Kier molecular flexibility index (Phi) is 5.03. The largest absolute Gasteiger partial charge is 0.503 e. The van der Waals surface area contributed by atoms with Gasteiger partial charge in [-0.25, -0.2) is 0 Å². The molecule has 118 valence electrons. The molecule has 6 nitrogen and oxygen atoms in total. The van der Waals surface area contributed by atoms with Gasteiger partial charge in [-0.15, -0.1) is 0 Å². The Morgan fingerprint density at radius 1 is 1.33 bits per heavy atom. The number of hydrogen-bond donors (Lipinski definition) is 2. The van der Waals surface area contributed by atoms with Crippen LogP contribution in [0.3, 0.4) is 0 Å². The number of aromatic nitrogens is 1. The third-order valence-electron chi connectivity index (χ3n) is 3.79. The van der Waals surface area contributed by atoms with E-state index in [2.05, 4.69) is 4.90 Å². The van der Waals surface area contributed by atoms with Gasteiger partial charge < -0.3 is 19.5 Å². The number of aryl methyl sites for hydroxylation is 1. The second-order valence-corrected chi connectivity index (χ2v) is 5.77. The maximum absolute atomic E-state index is 11.8. The number of morpholine rings is 1. The summed E-state index contributed by atoms with van der Waals surface area (Å²) in [6, 6.07) is 1.40. The predicted octanol–water partition coefficient (Wildman–Crippen LogP) is 0.464. The number of hydrogen-bond acceptors (Lipinski definition) is 5. The van der Waals surface area contributed by atoms with Crippen LogP contribution in [0, 0.1) is 6.92 Å². The highest BCUT2D eigenvalue weighted by Crippen LogP contribution is 2.20. The molecule has 2 atom stereocenters. The number of aliphatic hydroxyl groups excluding tert-OH is 1. The molecule has 0 spiro atoms. The van der Waals surface area contributed by atoms with Crippen molar-refractivity contribution in [2.45, 2.75) is 46.1 Å². The second kappa shape index (κ2) is 6.60. The highest BCUT2D eigenvalue weighted by atomic mass is 16.5. The van der Waals surface area contributed by atoms with Crippen molar-refractivity contribution in [2.24, 2.45) is 0 Å². The average Bonchev–Trinajstić information content (AvgIpc) is 2.39.